The maximum absolute atomic E-state index is 4.51. The van der Waals surface area contributed by atoms with Crippen LogP contribution in [0.1, 0.15) is 11.8 Å². The summed E-state index contributed by atoms with van der Waals surface area (Å²) in [5.74, 6) is 1.92. The van der Waals surface area contributed by atoms with Gasteiger partial charge in [0, 0.05) is 23.7 Å². The number of nitrogens with zero attached hydrogens (tertiary/aromatic N) is 1. The standard InChI is InChI=1S/C11H15BrN2S2/c1-8-6-14-11(15-7-8)13-5-4-9-2-3-10(12)16-9/h2-3,8H,4-7H2,1H3,(H,13,14). The molecule has 0 bridgehead atoms. The number of rotatable bonds is 3. The van der Waals surface area contributed by atoms with Crippen LogP contribution in [0.15, 0.2) is 20.9 Å². The molecule has 1 unspecified atom stereocenters. The first-order valence-corrected chi connectivity index (χ1v) is 7.99. The van der Waals surface area contributed by atoms with Gasteiger partial charge in [-0.25, -0.2) is 0 Å². The summed E-state index contributed by atoms with van der Waals surface area (Å²) in [6.07, 6.45) is 1.07. The Kier molecular flexibility index (Phi) is 4.73. The van der Waals surface area contributed by atoms with Gasteiger partial charge in [0.2, 0.25) is 0 Å². The van der Waals surface area contributed by atoms with E-state index in [4.69, 9.17) is 0 Å². The second-order valence-electron chi connectivity index (χ2n) is 3.94. The van der Waals surface area contributed by atoms with Gasteiger partial charge in [-0.3, -0.25) is 4.99 Å². The van der Waals surface area contributed by atoms with Crippen LogP contribution in [0.25, 0.3) is 0 Å². The molecule has 0 fully saturated rings. The lowest BCUT2D eigenvalue weighted by Gasteiger charge is -2.17. The first kappa shape index (κ1) is 12.5. The van der Waals surface area contributed by atoms with Gasteiger partial charge >= 0.3 is 0 Å². The Morgan fingerprint density at radius 2 is 2.44 bits per heavy atom. The van der Waals surface area contributed by atoms with Crippen molar-refractivity contribution in [3.8, 4) is 0 Å². The lowest BCUT2D eigenvalue weighted by molar-refractivity contribution is 0.669. The van der Waals surface area contributed by atoms with Crippen LogP contribution in [0.2, 0.25) is 0 Å². The number of hydrogen-bond acceptors (Lipinski definition) is 4. The summed E-state index contributed by atoms with van der Waals surface area (Å²) >= 11 is 7.13. The molecule has 1 aromatic rings. The summed E-state index contributed by atoms with van der Waals surface area (Å²) in [6, 6.07) is 4.28. The monoisotopic (exact) mass is 318 g/mol. The van der Waals surface area contributed by atoms with Crippen LogP contribution in [-0.4, -0.2) is 24.0 Å². The Morgan fingerprint density at radius 1 is 1.56 bits per heavy atom. The Labute approximate surface area is 113 Å². The molecule has 0 amide bonds. The minimum Gasteiger partial charge on any atom is -0.365 e. The molecule has 0 radical (unpaired) electrons. The van der Waals surface area contributed by atoms with Crippen molar-refractivity contribution < 1.29 is 0 Å². The lowest BCUT2D eigenvalue weighted by atomic mass is 10.2. The Hall–Kier alpha value is -0.000000000000000111. The van der Waals surface area contributed by atoms with Gasteiger partial charge in [0.1, 0.15) is 0 Å². The zero-order valence-electron chi connectivity index (χ0n) is 9.20. The fourth-order valence-corrected chi connectivity index (χ4v) is 3.84. The molecule has 0 saturated carbocycles. The molecule has 0 spiro atoms. The molecule has 16 heavy (non-hydrogen) atoms. The van der Waals surface area contributed by atoms with E-state index < -0.39 is 0 Å². The number of nitrogens with one attached hydrogen (secondary N) is 1. The molecule has 1 aliphatic rings. The Bertz CT molecular complexity index is 376. The van der Waals surface area contributed by atoms with E-state index in [1.54, 1.807) is 11.3 Å². The molecule has 0 aromatic carbocycles. The topological polar surface area (TPSA) is 24.4 Å². The summed E-state index contributed by atoms with van der Waals surface area (Å²) in [4.78, 5) is 5.92. The SMILES string of the molecule is CC1CN=C(NCCc2ccc(Br)s2)SC1. The van der Waals surface area contributed by atoms with Gasteiger partial charge in [-0.05, 0) is 40.4 Å². The fourth-order valence-electron chi connectivity index (χ4n) is 1.44. The van der Waals surface area contributed by atoms with Crippen molar-refractivity contribution >= 4 is 44.2 Å². The predicted octanol–water partition coefficient (Wildman–Crippen LogP) is 3.38. The third kappa shape index (κ3) is 3.79. The smallest absolute Gasteiger partial charge is 0.156 e. The van der Waals surface area contributed by atoms with E-state index >= 15 is 0 Å². The molecule has 1 aromatic heterocycles. The third-order valence-electron chi connectivity index (χ3n) is 2.33. The quantitative estimate of drug-likeness (QED) is 0.924. The first-order chi connectivity index (χ1) is 7.74. The van der Waals surface area contributed by atoms with Gasteiger partial charge in [0.15, 0.2) is 5.17 Å². The van der Waals surface area contributed by atoms with E-state index in [9.17, 15) is 0 Å². The summed E-state index contributed by atoms with van der Waals surface area (Å²) in [7, 11) is 0. The van der Waals surface area contributed by atoms with Crippen molar-refractivity contribution in [2.75, 3.05) is 18.8 Å². The van der Waals surface area contributed by atoms with E-state index in [-0.39, 0.29) is 0 Å². The maximum atomic E-state index is 4.51. The van der Waals surface area contributed by atoms with Crippen molar-refractivity contribution in [3.05, 3.63) is 20.8 Å². The van der Waals surface area contributed by atoms with Crippen LogP contribution < -0.4 is 5.32 Å². The molecule has 1 atom stereocenters. The second kappa shape index (κ2) is 6.07. The molecular weight excluding hydrogens is 304 g/mol. The largest absolute Gasteiger partial charge is 0.365 e. The highest BCUT2D eigenvalue weighted by molar-refractivity contribution is 9.11. The van der Waals surface area contributed by atoms with Gasteiger partial charge in [-0.2, -0.15) is 0 Å². The average Bonchev–Trinajstić information content (AvgIpc) is 2.67. The lowest BCUT2D eigenvalue weighted by Crippen LogP contribution is -2.27. The Balaban J connectivity index is 1.72. The second-order valence-corrected chi connectivity index (χ2v) is 7.50. The molecule has 0 saturated heterocycles. The van der Waals surface area contributed by atoms with Crippen molar-refractivity contribution in [1.29, 1.82) is 0 Å². The highest BCUT2D eigenvalue weighted by Gasteiger charge is 2.11. The number of hydrogen-bond donors (Lipinski definition) is 1. The number of amidine groups is 1. The predicted molar refractivity (Wildman–Crippen MR) is 77.6 cm³/mol. The van der Waals surface area contributed by atoms with E-state index in [0.717, 1.165) is 30.6 Å². The summed E-state index contributed by atoms with van der Waals surface area (Å²) in [5.41, 5.74) is 0. The number of aliphatic imine (C=N–C) groups is 1. The summed E-state index contributed by atoms with van der Waals surface area (Å²) in [5, 5.41) is 4.52. The molecule has 2 rings (SSSR count). The van der Waals surface area contributed by atoms with Gasteiger partial charge in [0.25, 0.3) is 0 Å². The van der Waals surface area contributed by atoms with Crippen molar-refractivity contribution in [2.45, 2.75) is 13.3 Å². The normalized spacial score (nSPS) is 20.6. The van der Waals surface area contributed by atoms with Gasteiger partial charge in [0.05, 0.1) is 3.79 Å². The van der Waals surface area contributed by atoms with E-state index in [2.05, 4.69) is 45.3 Å². The van der Waals surface area contributed by atoms with Crippen LogP contribution in [-0.2, 0) is 6.42 Å². The highest BCUT2D eigenvalue weighted by atomic mass is 79.9. The van der Waals surface area contributed by atoms with Crippen molar-refractivity contribution in [3.63, 3.8) is 0 Å². The Morgan fingerprint density at radius 3 is 3.06 bits per heavy atom. The molecule has 2 heterocycles. The fraction of sp³-hybridized carbons (Fsp3) is 0.545. The molecule has 1 aliphatic heterocycles. The third-order valence-corrected chi connectivity index (χ3v) is 5.29. The number of halogens is 1. The van der Waals surface area contributed by atoms with Gasteiger partial charge in [-0.1, -0.05) is 18.7 Å². The molecule has 2 nitrogen and oxygen atoms in total. The van der Waals surface area contributed by atoms with Crippen LogP contribution in [0.4, 0.5) is 0 Å². The molecular formula is C11H15BrN2S2. The van der Waals surface area contributed by atoms with Crippen LogP contribution in [0, 0.1) is 5.92 Å². The van der Waals surface area contributed by atoms with Crippen LogP contribution in [0.3, 0.4) is 0 Å². The van der Waals surface area contributed by atoms with E-state index in [0.29, 0.717) is 0 Å². The highest BCUT2D eigenvalue weighted by Crippen LogP contribution is 2.22. The molecule has 0 aliphatic carbocycles. The minimum absolute atomic E-state index is 0.726. The number of thiophene rings is 1. The van der Waals surface area contributed by atoms with E-state index in [1.807, 2.05) is 11.8 Å². The van der Waals surface area contributed by atoms with Gasteiger partial charge in [-0.15, -0.1) is 11.3 Å². The molecule has 5 heteroatoms. The molecule has 88 valence electrons. The number of thioether (sulfide) groups is 1. The van der Waals surface area contributed by atoms with Gasteiger partial charge < -0.3 is 5.32 Å². The summed E-state index contributed by atoms with van der Waals surface area (Å²) < 4.78 is 1.21. The average molecular weight is 319 g/mol. The molecule has 1 N–H and O–H groups in total. The van der Waals surface area contributed by atoms with Crippen LogP contribution in [0.5, 0.6) is 0 Å². The van der Waals surface area contributed by atoms with E-state index in [1.165, 1.54) is 14.4 Å². The summed E-state index contributed by atoms with van der Waals surface area (Å²) in [6.45, 7) is 4.20. The zero-order chi connectivity index (χ0) is 11.4. The minimum atomic E-state index is 0.726. The first-order valence-electron chi connectivity index (χ1n) is 5.39. The maximum Gasteiger partial charge on any atom is 0.156 e. The van der Waals surface area contributed by atoms with Crippen LogP contribution >= 0.6 is 39.0 Å². The van der Waals surface area contributed by atoms with Crippen molar-refractivity contribution in [2.24, 2.45) is 10.9 Å². The van der Waals surface area contributed by atoms with Crippen molar-refractivity contribution in [1.82, 2.24) is 5.32 Å². The zero-order valence-corrected chi connectivity index (χ0v) is 12.4.